The molecule has 176 valence electrons. The van der Waals surface area contributed by atoms with Crippen molar-refractivity contribution < 1.29 is 14.6 Å². The number of fused-ring (bicyclic) bond motifs is 3. The molecule has 1 aliphatic rings. The first-order chi connectivity index (χ1) is 16.4. The van der Waals surface area contributed by atoms with Crippen molar-refractivity contribution in [2.75, 3.05) is 20.2 Å². The summed E-state index contributed by atoms with van der Waals surface area (Å²) < 4.78 is 8.40. The Morgan fingerprint density at radius 1 is 1.15 bits per heavy atom. The second-order valence-corrected chi connectivity index (χ2v) is 8.46. The van der Waals surface area contributed by atoms with Gasteiger partial charge in [-0.3, -0.25) is 18.9 Å². The number of piperidine rings is 1. The predicted molar refractivity (Wildman–Crippen MR) is 124 cm³/mol. The molecule has 0 saturated carbocycles. The van der Waals surface area contributed by atoms with Gasteiger partial charge in [0.2, 0.25) is 0 Å². The molecule has 0 bridgehead atoms. The van der Waals surface area contributed by atoms with Crippen LogP contribution in [0.25, 0.3) is 33.3 Å². The fourth-order valence-electron chi connectivity index (χ4n) is 4.55. The van der Waals surface area contributed by atoms with Gasteiger partial charge in [0.05, 0.1) is 35.6 Å². The van der Waals surface area contributed by atoms with Gasteiger partial charge in [0, 0.05) is 44.1 Å². The Kier molecular flexibility index (Phi) is 5.48. The van der Waals surface area contributed by atoms with Crippen molar-refractivity contribution in [1.29, 1.82) is 0 Å². The summed E-state index contributed by atoms with van der Waals surface area (Å²) >= 11 is 0. The number of aliphatic hydroxyl groups excluding tert-OH is 1. The van der Waals surface area contributed by atoms with E-state index >= 15 is 0 Å². The van der Waals surface area contributed by atoms with Gasteiger partial charge in [-0.15, -0.1) is 0 Å². The number of methoxy groups -OCH3 is 1. The molecule has 1 N–H and O–H groups in total. The minimum Gasteiger partial charge on any atom is -0.467 e. The normalized spacial score (nSPS) is 15.7. The number of hydrogen-bond acceptors (Lipinski definition) is 8. The number of ether oxygens (including phenoxy) is 1. The van der Waals surface area contributed by atoms with Gasteiger partial charge in [-0.25, -0.2) is 19.7 Å². The van der Waals surface area contributed by atoms with E-state index in [1.807, 2.05) is 12.1 Å². The van der Waals surface area contributed by atoms with Crippen molar-refractivity contribution in [2.45, 2.75) is 31.9 Å². The van der Waals surface area contributed by atoms with Crippen LogP contribution in [0, 0.1) is 0 Å². The van der Waals surface area contributed by atoms with E-state index in [9.17, 15) is 14.7 Å². The van der Waals surface area contributed by atoms with Crippen LogP contribution in [0.1, 0.15) is 25.8 Å². The van der Waals surface area contributed by atoms with Crippen molar-refractivity contribution in [2.24, 2.45) is 7.05 Å². The van der Waals surface area contributed by atoms with Gasteiger partial charge < -0.3 is 14.7 Å². The third-order valence-corrected chi connectivity index (χ3v) is 6.37. The number of carbonyl (C=O) groups is 1. The van der Waals surface area contributed by atoms with Gasteiger partial charge >= 0.3 is 11.7 Å². The first kappa shape index (κ1) is 22.0. The van der Waals surface area contributed by atoms with E-state index in [-0.39, 0.29) is 23.6 Å². The Labute approximate surface area is 194 Å². The lowest BCUT2D eigenvalue weighted by Gasteiger charge is -2.33. The van der Waals surface area contributed by atoms with Crippen LogP contribution in [0.2, 0.25) is 0 Å². The first-order valence-corrected chi connectivity index (χ1v) is 11.1. The molecule has 4 aromatic heterocycles. The maximum Gasteiger partial charge on any atom is 0.329 e. The number of likely N-dealkylation sites (tertiary alicyclic amines) is 1. The van der Waals surface area contributed by atoms with E-state index in [0.717, 1.165) is 5.56 Å². The van der Waals surface area contributed by atoms with E-state index in [1.54, 1.807) is 39.7 Å². The molecule has 0 unspecified atom stereocenters. The molecule has 4 aromatic rings. The van der Waals surface area contributed by atoms with Crippen LogP contribution in [0.5, 0.6) is 6.01 Å². The van der Waals surface area contributed by atoms with E-state index in [0.29, 0.717) is 53.7 Å². The number of aromatic nitrogens is 6. The second kappa shape index (κ2) is 8.49. The molecule has 5 heterocycles. The molecule has 11 heteroatoms. The smallest absolute Gasteiger partial charge is 0.329 e. The minimum absolute atomic E-state index is 0.102. The van der Waals surface area contributed by atoms with Crippen molar-refractivity contribution in [1.82, 2.24) is 34.0 Å². The standard InChI is InChI=1S/C23H25N7O4/c1-13(31)21(32)29-8-6-15(7-9-29)30-20-18(28(2)23(30)33)12-24-17-5-4-16(27-19(17)20)14-10-25-22(34-3)26-11-14/h4-5,10-13,15,31H,6-9H2,1-3H3/t13-/m0/s1. The molecule has 1 amide bonds. The van der Waals surface area contributed by atoms with Crippen LogP contribution in [0.3, 0.4) is 0 Å². The van der Waals surface area contributed by atoms with Crippen LogP contribution in [-0.4, -0.2) is 71.3 Å². The number of pyridine rings is 2. The van der Waals surface area contributed by atoms with Gasteiger partial charge in [0.1, 0.15) is 11.6 Å². The Morgan fingerprint density at radius 3 is 2.50 bits per heavy atom. The SMILES string of the molecule is COc1ncc(-c2ccc3ncc4c(c3n2)n(C2CCN(C(=O)[C@H](C)O)CC2)c(=O)n4C)cn1. The summed E-state index contributed by atoms with van der Waals surface area (Å²) in [5.41, 5.74) is 3.92. The van der Waals surface area contributed by atoms with Crippen LogP contribution < -0.4 is 10.4 Å². The van der Waals surface area contributed by atoms with E-state index < -0.39 is 6.10 Å². The van der Waals surface area contributed by atoms with Gasteiger partial charge in [0.15, 0.2) is 0 Å². The Hall–Kier alpha value is -3.86. The molecule has 0 aromatic carbocycles. The minimum atomic E-state index is -1.03. The van der Waals surface area contributed by atoms with E-state index in [2.05, 4.69) is 15.0 Å². The van der Waals surface area contributed by atoms with E-state index in [1.165, 1.54) is 14.0 Å². The zero-order chi connectivity index (χ0) is 24.0. The number of aryl methyl sites for hydroxylation is 1. The fourth-order valence-corrected chi connectivity index (χ4v) is 4.55. The maximum absolute atomic E-state index is 13.3. The zero-order valence-corrected chi connectivity index (χ0v) is 19.2. The van der Waals surface area contributed by atoms with Crippen molar-refractivity contribution in [3.8, 4) is 17.3 Å². The summed E-state index contributed by atoms with van der Waals surface area (Å²) in [6.45, 7) is 2.42. The topological polar surface area (TPSA) is 128 Å². The Morgan fingerprint density at radius 2 is 1.85 bits per heavy atom. The molecule has 34 heavy (non-hydrogen) atoms. The molecule has 1 fully saturated rings. The lowest BCUT2D eigenvalue weighted by Crippen LogP contribution is -2.44. The number of nitrogens with zero attached hydrogens (tertiary/aromatic N) is 7. The molecule has 11 nitrogen and oxygen atoms in total. The lowest BCUT2D eigenvalue weighted by molar-refractivity contribution is -0.140. The van der Waals surface area contributed by atoms with Gasteiger partial charge in [-0.1, -0.05) is 0 Å². The second-order valence-electron chi connectivity index (χ2n) is 8.46. The zero-order valence-electron chi connectivity index (χ0n) is 19.2. The van der Waals surface area contributed by atoms with Crippen LogP contribution in [0.4, 0.5) is 0 Å². The summed E-state index contributed by atoms with van der Waals surface area (Å²) in [4.78, 5) is 44.8. The summed E-state index contributed by atoms with van der Waals surface area (Å²) in [5.74, 6) is -0.286. The van der Waals surface area contributed by atoms with Crippen LogP contribution in [-0.2, 0) is 11.8 Å². The van der Waals surface area contributed by atoms with Crippen LogP contribution >= 0.6 is 0 Å². The highest BCUT2D eigenvalue weighted by Gasteiger charge is 2.29. The molecule has 1 aliphatic heterocycles. The highest BCUT2D eigenvalue weighted by atomic mass is 16.5. The van der Waals surface area contributed by atoms with Gasteiger partial charge in [-0.2, -0.15) is 0 Å². The highest BCUT2D eigenvalue weighted by Crippen LogP contribution is 2.30. The van der Waals surface area contributed by atoms with E-state index in [4.69, 9.17) is 9.72 Å². The number of imidazole rings is 1. The summed E-state index contributed by atoms with van der Waals surface area (Å²) in [5, 5.41) is 9.63. The molecule has 5 rings (SSSR count). The summed E-state index contributed by atoms with van der Waals surface area (Å²) in [7, 11) is 3.23. The summed E-state index contributed by atoms with van der Waals surface area (Å²) in [6.07, 6.45) is 5.15. The van der Waals surface area contributed by atoms with Crippen LogP contribution in [0.15, 0.2) is 35.5 Å². The Balaban J connectivity index is 1.61. The molecule has 0 spiro atoms. The van der Waals surface area contributed by atoms with Gasteiger partial charge in [-0.05, 0) is 31.9 Å². The predicted octanol–water partition coefficient (Wildman–Crippen LogP) is 1.29. The molecule has 1 saturated heterocycles. The molecular weight excluding hydrogens is 438 g/mol. The molecule has 0 radical (unpaired) electrons. The average Bonchev–Trinajstić information content (AvgIpc) is 3.13. The highest BCUT2D eigenvalue weighted by molar-refractivity contribution is 6.00. The fraction of sp³-hybridized carbons (Fsp3) is 0.391. The van der Waals surface area contributed by atoms with Crippen molar-refractivity contribution >= 4 is 28.0 Å². The van der Waals surface area contributed by atoms with Crippen molar-refractivity contribution in [3.05, 3.63) is 41.2 Å². The lowest BCUT2D eigenvalue weighted by atomic mass is 10.0. The monoisotopic (exact) mass is 463 g/mol. The van der Waals surface area contributed by atoms with Gasteiger partial charge in [0.25, 0.3) is 5.91 Å². The maximum atomic E-state index is 13.3. The molecule has 1 atom stereocenters. The Bertz CT molecular complexity index is 1430. The quantitative estimate of drug-likeness (QED) is 0.480. The third kappa shape index (κ3) is 3.58. The molecular formula is C23H25N7O4. The summed E-state index contributed by atoms with van der Waals surface area (Å²) in [6, 6.07) is 3.88. The first-order valence-electron chi connectivity index (χ1n) is 11.1. The number of aliphatic hydroxyl groups is 1. The van der Waals surface area contributed by atoms with Crippen molar-refractivity contribution in [3.63, 3.8) is 0 Å². The number of rotatable bonds is 4. The molecule has 0 aliphatic carbocycles. The number of amides is 1. The third-order valence-electron chi connectivity index (χ3n) is 6.37. The average molecular weight is 463 g/mol. The number of carbonyl (C=O) groups excluding carboxylic acids is 1. The largest absolute Gasteiger partial charge is 0.467 e. The number of hydrogen-bond donors (Lipinski definition) is 1.